The molecule has 0 bridgehead atoms. The van der Waals surface area contributed by atoms with Crippen LogP contribution in [-0.4, -0.2) is 32.0 Å². The number of fused-ring (bicyclic) bond motifs is 1. The van der Waals surface area contributed by atoms with E-state index in [0.717, 1.165) is 33.5 Å². The van der Waals surface area contributed by atoms with Crippen LogP contribution in [0.5, 0.6) is 0 Å². The Balaban J connectivity index is 1.28. The van der Waals surface area contributed by atoms with Gasteiger partial charge in [-0.3, -0.25) is 9.78 Å². The number of benzene rings is 3. The molecule has 0 aliphatic carbocycles. The van der Waals surface area contributed by atoms with Crippen molar-refractivity contribution >= 4 is 39.7 Å². The molecule has 5 aromatic rings. The van der Waals surface area contributed by atoms with Gasteiger partial charge in [0, 0.05) is 47.8 Å². The zero-order valence-electron chi connectivity index (χ0n) is 20.7. The number of nitrogens with zero attached hydrogens (tertiary/aromatic N) is 3. The molecule has 0 saturated carbocycles. The summed E-state index contributed by atoms with van der Waals surface area (Å²) in [7, 11) is 0. The van der Waals surface area contributed by atoms with Crippen molar-refractivity contribution < 1.29 is 4.79 Å². The number of anilines is 1. The Hall–Kier alpha value is -4.49. The quantitative estimate of drug-likeness (QED) is 0.258. The Kier molecular flexibility index (Phi) is 6.58. The molecule has 1 aliphatic heterocycles. The fraction of sp³-hybridized carbons (Fsp3) is 0.129. The largest absolute Gasteiger partial charge is 0.352 e. The predicted molar refractivity (Wildman–Crippen MR) is 155 cm³/mol. The van der Waals surface area contributed by atoms with E-state index >= 15 is 0 Å². The maximum Gasteiger partial charge on any atom is 0.226 e. The normalized spacial score (nSPS) is 16.9. The van der Waals surface area contributed by atoms with E-state index in [1.54, 1.807) is 6.20 Å². The molecule has 1 aliphatic rings. The lowest BCUT2D eigenvalue weighted by Gasteiger charge is -2.29. The van der Waals surface area contributed by atoms with Crippen molar-refractivity contribution in [3.05, 3.63) is 127 Å². The Morgan fingerprint density at radius 2 is 1.68 bits per heavy atom. The van der Waals surface area contributed by atoms with Gasteiger partial charge in [0.15, 0.2) is 5.11 Å². The van der Waals surface area contributed by atoms with Gasteiger partial charge in [0.2, 0.25) is 5.91 Å². The molecular weight excluding hydrogens is 490 g/mol. The number of hydrogen-bond donors (Lipinski definition) is 2. The standard InChI is InChI=1S/C31H27N5OS/c37-28(33-25-16-8-11-22-10-4-5-14-24(22)25)18-21-36-30(29(34-31(36)38)26-15-6-7-19-32-26)27-17-9-20-35(27)23-12-2-1-3-13-23/h1-17,19-20,29-30H,18,21H2,(H,33,37)(H,34,38). The SMILES string of the molecule is O=C(CCN1C(=S)NC(c2ccccn2)C1c1cccn1-c1ccccc1)Nc1cccc2ccccc12. The molecule has 2 N–H and O–H groups in total. The first-order chi connectivity index (χ1) is 18.7. The highest BCUT2D eigenvalue weighted by Crippen LogP contribution is 2.39. The second-order valence-electron chi connectivity index (χ2n) is 9.28. The van der Waals surface area contributed by atoms with Crippen molar-refractivity contribution in [1.82, 2.24) is 19.8 Å². The van der Waals surface area contributed by atoms with Crippen molar-refractivity contribution in [3.8, 4) is 5.69 Å². The van der Waals surface area contributed by atoms with Gasteiger partial charge in [0.05, 0.1) is 17.8 Å². The molecule has 3 heterocycles. The van der Waals surface area contributed by atoms with Crippen LogP contribution in [-0.2, 0) is 4.79 Å². The zero-order valence-corrected chi connectivity index (χ0v) is 21.5. The minimum Gasteiger partial charge on any atom is -0.352 e. The number of aromatic nitrogens is 2. The molecule has 188 valence electrons. The minimum absolute atomic E-state index is 0.0531. The summed E-state index contributed by atoms with van der Waals surface area (Å²) in [6.07, 6.45) is 4.16. The number of thiocarbonyl (C=S) groups is 1. The van der Waals surface area contributed by atoms with Gasteiger partial charge in [-0.1, -0.05) is 60.7 Å². The molecular formula is C31H27N5OS. The van der Waals surface area contributed by atoms with E-state index in [-0.39, 0.29) is 18.0 Å². The molecule has 0 spiro atoms. The van der Waals surface area contributed by atoms with Gasteiger partial charge in [0.25, 0.3) is 0 Å². The fourth-order valence-corrected chi connectivity index (χ4v) is 5.53. The van der Waals surface area contributed by atoms with Gasteiger partial charge in [-0.15, -0.1) is 0 Å². The van der Waals surface area contributed by atoms with Crippen LogP contribution in [0.4, 0.5) is 5.69 Å². The lowest BCUT2D eigenvalue weighted by atomic mass is 10.0. The van der Waals surface area contributed by atoms with E-state index < -0.39 is 0 Å². The Morgan fingerprint density at radius 1 is 0.895 bits per heavy atom. The van der Waals surface area contributed by atoms with Gasteiger partial charge in [-0.05, 0) is 60.1 Å². The summed E-state index contributed by atoms with van der Waals surface area (Å²) >= 11 is 5.82. The second-order valence-corrected chi connectivity index (χ2v) is 9.67. The zero-order chi connectivity index (χ0) is 25.9. The Bertz CT molecular complexity index is 1580. The Labute approximate surface area is 226 Å². The molecule has 7 heteroatoms. The Morgan fingerprint density at radius 3 is 2.53 bits per heavy atom. The number of para-hydroxylation sites is 1. The molecule has 2 aromatic heterocycles. The summed E-state index contributed by atoms with van der Waals surface area (Å²) in [5, 5.41) is 9.32. The van der Waals surface area contributed by atoms with Crippen molar-refractivity contribution in [2.75, 3.05) is 11.9 Å². The van der Waals surface area contributed by atoms with Crippen molar-refractivity contribution in [2.24, 2.45) is 0 Å². The minimum atomic E-state index is -0.151. The lowest BCUT2D eigenvalue weighted by molar-refractivity contribution is -0.116. The van der Waals surface area contributed by atoms with Crippen molar-refractivity contribution in [3.63, 3.8) is 0 Å². The van der Waals surface area contributed by atoms with E-state index in [9.17, 15) is 4.79 Å². The highest BCUT2D eigenvalue weighted by atomic mass is 32.1. The van der Waals surface area contributed by atoms with E-state index in [1.807, 2.05) is 84.9 Å². The monoisotopic (exact) mass is 517 g/mol. The third-order valence-electron chi connectivity index (χ3n) is 6.96. The van der Waals surface area contributed by atoms with Gasteiger partial charge in [0.1, 0.15) is 0 Å². The lowest BCUT2D eigenvalue weighted by Crippen LogP contribution is -2.33. The highest BCUT2D eigenvalue weighted by Gasteiger charge is 2.41. The fourth-order valence-electron chi connectivity index (χ4n) is 5.20. The number of amides is 1. The van der Waals surface area contributed by atoms with E-state index in [2.05, 4.69) is 49.5 Å². The van der Waals surface area contributed by atoms with Gasteiger partial charge in [-0.2, -0.15) is 0 Å². The van der Waals surface area contributed by atoms with Crippen LogP contribution < -0.4 is 10.6 Å². The summed E-state index contributed by atoms with van der Waals surface area (Å²) in [4.78, 5) is 19.9. The van der Waals surface area contributed by atoms with Gasteiger partial charge >= 0.3 is 0 Å². The highest BCUT2D eigenvalue weighted by molar-refractivity contribution is 7.80. The van der Waals surface area contributed by atoms with Crippen LogP contribution in [0.25, 0.3) is 16.5 Å². The van der Waals surface area contributed by atoms with Crippen LogP contribution in [0.2, 0.25) is 0 Å². The van der Waals surface area contributed by atoms with Crippen LogP contribution in [0, 0.1) is 0 Å². The molecule has 38 heavy (non-hydrogen) atoms. The molecule has 3 aromatic carbocycles. The predicted octanol–water partition coefficient (Wildman–Crippen LogP) is 6.03. The molecule has 2 atom stereocenters. The number of pyridine rings is 1. The summed E-state index contributed by atoms with van der Waals surface area (Å²) < 4.78 is 2.18. The molecule has 1 amide bonds. The third-order valence-corrected chi connectivity index (χ3v) is 7.31. The summed E-state index contributed by atoms with van der Waals surface area (Å²) in [6, 6.07) is 34.0. The second kappa shape index (κ2) is 10.5. The van der Waals surface area contributed by atoms with Crippen LogP contribution in [0.15, 0.2) is 116 Å². The van der Waals surface area contributed by atoms with Gasteiger partial charge in [-0.25, -0.2) is 0 Å². The molecule has 1 fully saturated rings. The maximum absolute atomic E-state index is 13.1. The summed E-state index contributed by atoms with van der Waals surface area (Å²) in [5.74, 6) is -0.0531. The third kappa shape index (κ3) is 4.64. The van der Waals surface area contributed by atoms with Crippen molar-refractivity contribution in [2.45, 2.75) is 18.5 Å². The van der Waals surface area contributed by atoms with Crippen LogP contribution in [0.1, 0.15) is 29.9 Å². The van der Waals surface area contributed by atoms with Gasteiger partial charge < -0.3 is 20.1 Å². The molecule has 6 rings (SSSR count). The number of carbonyl (C=O) groups excluding carboxylic acids is 1. The average Bonchev–Trinajstić information content (AvgIpc) is 3.57. The molecule has 6 nitrogen and oxygen atoms in total. The molecule has 1 saturated heterocycles. The first-order valence-electron chi connectivity index (χ1n) is 12.7. The summed E-state index contributed by atoms with van der Waals surface area (Å²) in [5.41, 5.74) is 3.87. The first-order valence-corrected chi connectivity index (χ1v) is 13.1. The smallest absolute Gasteiger partial charge is 0.226 e. The number of rotatable bonds is 7. The topological polar surface area (TPSA) is 62.2 Å². The van der Waals surface area contributed by atoms with Crippen LogP contribution >= 0.6 is 12.2 Å². The number of carbonyl (C=O) groups is 1. The van der Waals surface area contributed by atoms with E-state index in [0.29, 0.717) is 18.1 Å². The average molecular weight is 518 g/mol. The number of nitrogens with one attached hydrogen (secondary N) is 2. The van der Waals surface area contributed by atoms with Crippen molar-refractivity contribution in [1.29, 1.82) is 0 Å². The summed E-state index contributed by atoms with van der Waals surface area (Å²) in [6.45, 7) is 0.469. The van der Waals surface area contributed by atoms with E-state index in [4.69, 9.17) is 12.2 Å². The van der Waals surface area contributed by atoms with Crippen LogP contribution in [0.3, 0.4) is 0 Å². The first kappa shape index (κ1) is 23.9. The maximum atomic E-state index is 13.1. The molecule has 0 radical (unpaired) electrons. The number of hydrogen-bond acceptors (Lipinski definition) is 3. The molecule has 2 unspecified atom stereocenters. The van der Waals surface area contributed by atoms with E-state index in [1.165, 1.54) is 0 Å².